The maximum Gasteiger partial charge on any atom is 0.454 e. The molecule has 0 aliphatic heterocycles. The van der Waals surface area contributed by atoms with Crippen molar-refractivity contribution in [3.8, 4) is 5.75 Å². The summed E-state index contributed by atoms with van der Waals surface area (Å²) in [6, 6.07) is 5.06. The van der Waals surface area contributed by atoms with E-state index in [1.807, 2.05) is 5.10 Å². The number of phenolic OH excluding ortho intramolecular Hbond substituents is 1. The summed E-state index contributed by atoms with van der Waals surface area (Å²) in [6.45, 7) is 3.59. The highest BCUT2D eigenvalue weighted by Crippen LogP contribution is 2.21. The van der Waals surface area contributed by atoms with Crippen molar-refractivity contribution in [2.75, 3.05) is 0 Å². The quantitative estimate of drug-likeness (QED) is 0.312. The standard InChI is InChI=1S/C13H12N6O4/c1-2-4-8-5-3-6-9(10(8)20)7-14-17-12(21)11-15-13(18-16-11)19(22)23/h2-3,5-7,20H,1,4H2,(H,17,21)(H,15,16,18)/b14-7-. The number of hydrogen-bond donors (Lipinski definition) is 3. The Morgan fingerprint density at radius 3 is 3.00 bits per heavy atom. The summed E-state index contributed by atoms with van der Waals surface area (Å²) < 4.78 is 0. The van der Waals surface area contributed by atoms with Crippen LogP contribution in [0.5, 0.6) is 5.75 Å². The van der Waals surface area contributed by atoms with E-state index in [2.05, 4.69) is 27.2 Å². The van der Waals surface area contributed by atoms with Gasteiger partial charge in [0.15, 0.2) is 0 Å². The zero-order valence-corrected chi connectivity index (χ0v) is 11.8. The zero-order chi connectivity index (χ0) is 16.8. The summed E-state index contributed by atoms with van der Waals surface area (Å²) in [7, 11) is 0. The van der Waals surface area contributed by atoms with Gasteiger partial charge in [0, 0.05) is 5.56 Å². The van der Waals surface area contributed by atoms with Gasteiger partial charge in [0.05, 0.1) is 6.21 Å². The van der Waals surface area contributed by atoms with Gasteiger partial charge in [0.2, 0.25) is 0 Å². The van der Waals surface area contributed by atoms with Crippen LogP contribution >= 0.6 is 0 Å². The van der Waals surface area contributed by atoms with Crippen molar-refractivity contribution in [2.45, 2.75) is 6.42 Å². The third kappa shape index (κ3) is 3.75. The number of nitro groups is 1. The lowest BCUT2D eigenvalue weighted by Crippen LogP contribution is -2.19. The van der Waals surface area contributed by atoms with Gasteiger partial charge in [-0.1, -0.05) is 23.3 Å². The first-order chi connectivity index (χ1) is 11.0. The van der Waals surface area contributed by atoms with Crippen LogP contribution < -0.4 is 5.43 Å². The van der Waals surface area contributed by atoms with Crippen molar-refractivity contribution in [3.05, 3.63) is 57.9 Å². The van der Waals surface area contributed by atoms with Crippen molar-refractivity contribution in [1.29, 1.82) is 0 Å². The number of carbonyl (C=O) groups excluding carboxylic acids is 1. The normalized spacial score (nSPS) is 10.6. The Balaban J connectivity index is 2.06. The van der Waals surface area contributed by atoms with Crippen LogP contribution in [0.4, 0.5) is 5.95 Å². The van der Waals surface area contributed by atoms with Crippen LogP contribution in [0.2, 0.25) is 0 Å². The summed E-state index contributed by atoms with van der Waals surface area (Å²) in [4.78, 5) is 24.7. The second-order valence-corrected chi connectivity index (χ2v) is 4.29. The molecule has 0 saturated heterocycles. The lowest BCUT2D eigenvalue weighted by molar-refractivity contribution is -0.394. The fourth-order valence-electron chi connectivity index (χ4n) is 1.68. The van der Waals surface area contributed by atoms with Crippen LogP contribution in [0, 0.1) is 10.1 Å². The largest absolute Gasteiger partial charge is 0.507 e. The molecule has 10 nitrogen and oxygen atoms in total. The van der Waals surface area contributed by atoms with Gasteiger partial charge in [0.25, 0.3) is 0 Å². The van der Waals surface area contributed by atoms with E-state index in [-0.39, 0.29) is 5.75 Å². The van der Waals surface area contributed by atoms with Gasteiger partial charge in [-0.2, -0.15) is 5.10 Å². The summed E-state index contributed by atoms with van der Waals surface area (Å²) in [5.74, 6) is -1.86. The van der Waals surface area contributed by atoms with Crippen molar-refractivity contribution in [2.24, 2.45) is 5.10 Å². The molecule has 2 aromatic rings. The predicted molar refractivity (Wildman–Crippen MR) is 80.1 cm³/mol. The Bertz CT molecular complexity index is 783. The predicted octanol–water partition coefficient (Wildman–Crippen LogP) is 0.911. The zero-order valence-electron chi connectivity index (χ0n) is 11.8. The van der Waals surface area contributed by atoms with E-state index in [1.165, 1.54) is 6.21 Å². The minimum Gasteiger partial charge on any atom is -0.507 e. The van der Waals surface area contributed by atoms with Crippen LogP contribution in [0.25, 0.3) is 0 Å². The molecule has 0 spiro atoms. The molecule has 1 amide bonds. The lowest BCUT2D eigenvalue weighted by atomic mass is 10.1. The van der Waals surface area contributed by atoms with Crippen molar-refractivity contribution >= 4 is 18.1 Å². The van der Waals surface area contributed by atoms with Gasteiger partial charge >= 0.3 is 17.7 Å². The smallest absolute Gasteiger partial charge is 0.454 e. The number of nitrogens with zero attached hydrogens (tertiary/aromatic N) is 4. The Morgan fingerprint density at radius 2 is 2.35 bits per heavy atom. The monoisotopic (exact) mass is 316 g/mol. The number of carbonyl (C=O) groups is 1. The SMILES string of the molecule is C=CCc1cccc(/C=N\NC(=O)c2n[nH]c([N+](=O)[O-])n2)c1O. The molecule has 2 rings (SSSR count). The molecular weight excluding hydrogens is 304 g/mol. The number of amides is 1. The number of rotatable bonds is 6. The number of allylic oxidation sites excluding steroid dienone is 1. The number of hydrazone groups is 1. The average Bonchev–Trinajstić information content (AvgIpc) is 3.01. The fraction of sp³-hybridized carbons (Fsp3) is 0.0769. The molecule has 0 atom stereocenters. The van der Waals surface area contributed by atoms with Crippen LogP contribution in [0.3, 0.4) is 0 Å². The first-order valence-corrected chi connectivity index (χ1v) is 6.35. The molecule has 0 unspecified atom stereocenters. The molecule has 23 heavy (non-hydrogen) atoms. The van der Waals surface area contributed by atoms with Gasteiger partial charge in [-0.3, -0.25) is 4.79 Å². The number of aromatic amines is 1. The molecule has 1 heterocycles. The van der Waals surface area contributed by atoms with E-state index >= 15 is 0 Å². The summed E-state index contributed by atoms with van der Waals surface area (Å²) >= 11 is 0. The number of hydrogen-bond acceptors (Lipinski definition) is 7. The molecular formula is C13H12N6O4. The molecule has 0 bridgehead atoms. The van der Waals surface area contributed by atoms with E-state index in [1.54, 1.807) is 24.3 Å². The number of H-pyrrole nitrogens is 1. The molecule has 10 heteroatoms. The van der Waals surface area contributed by atoms with E-state index in [0.717, 1.165) is 0 Å². The highest BCUT2D eigenvalue weighted by atomic mass is 16.6. The van der Waals surface area contributed by atoms with Gasteiger partial charge in [-0.05, 0) is 28.0 Å². The van der Waals surface area contributed by atoms with Crippen molar-refractivity contribution in [1.82, 2.24) is 20.6 Å². The molecule has 1 aromatic heterocycles. The van der Waals surface area contributed by atoms with Gasteiger partial charge in [0.1, 0.15) is 5.75 Å². The van der Waals surface area contributed by atoms with E-state index in [0.29, 0.717) is 17.5 Å². The number of phenols is 1. The van der Waals surface area contributed by atoms with Crippen molar-refractivity contribution in [3.63, 3.8) is 0 Å². The Morgan fingerprint density at radius 1 is 1.57 bits per heavy atom. The highest BCUT2D eigenvalue weighted by molar-refractivity contribution is 5.92. The number of nitrogens with one attached hydrogen (secondary N) is 2. The summed E-state index contributed by atoms with van der Waals surface area (Å²) in [5.41, 5.74) is 3.17. The second-order valence-electron chi connectivity index (χ2n) is 4.29. The first kappa shape index (κ1) is 15.8. The maximum atomic E-state index is 11.7. The number of benzene rings is 1. The summed E-state index contributed by atoms with van der Waals surface area (Å²) in [6.07, 6.45) is 3.37. The molecule has 0 radical (unpaired) electrons. The topological polar surface area (TPSA) is 146 Å². The molecule has 0 aliphatic rings. The molecule has 1 aromatic carbocycles. The molecule has 0 aliphatic carbocycles. The molecule has 0 saturated carbocycles. The second kappa shape index (κ2) is 6.93. The number of para-hydroxylation sites is 1. The molecule has 118 valence electrons. The maximum absolute atomic E-state index is 11.7. The minimum atomic E-state index is -0.827. The minimum absolute atomic E-state index is 0.0268. The van der Waals surface area contributed by atoms with Crippen LogP contribution in [-0.2, 0) is 6.42 Å². The highest BCUT2D eigenvalue weighted by Gasteiger charge is 2.20. The Kier molecular flexibility index (Phi) is 4.77. The number of aromatic nitrogens is 3. The third-order valence-corrected chi connectivity index (χ3v) is 2.73. The van der Waals surface area contributed by atoms with E-state index in [4.69, 9.17) is 0 Å². The van der Waals surface area contributed by atoms with Gasteiger partial charge in [-0.25, -0.2) is 5.43 Å². The van der Waals surface area contributed by atoms with E-state index < -0.39 is 22.6 Å². The molecule has 3 N–H and O–H groups in total. The first-order valence-electron chi connectivity index (χ1n) is 6.35. The van der Waals surface area contributed by atoms with Gasteiger partial charge < -0.3 is 15.2 Å². The van der Waals surface area contributed by atoms with Crippen LogP contribution in [0.1, 0.15) is 21.7 Å². The van der Waals surface area contributed by atoms with Crippen LogP contribution in [-0.4, -0.2) is 37.3 Å². The Labute approximate surface area is 129 Å². The van der Waals surface area contributed by atoms with Gasteiger partial charge in [-0.15, -0.1) is 11.7 Å². The Hall–Kier alpha value is -3.56. The molecule has 0 fully saturated rings. The number of aromatic hydroxyl groups is 1. The lowest BCUT2D eigenvalue weighted by Gasteiger charge is -2.04. The average molecular weight is 316 g/mol. The van der Waals surface area contributed by atoms with E-state index in [9.17, 15) is 20.0 Å². The summed E-state index contributed by atoms with van der Waals surface area (Å²) in [5, 5.41) is 29.5. The fourth-order valence-corrected chi connectivity index (χ4v) is 1.68. The third-order valence-electron chi connectivity index (χ3n) is 2.73. The van der Waals surface area contributed by atoms with Crippen molar-refractivity contribution < 1.29 is 14.8 Å². The van der Waals surface area contributed by atoms with Crippen LogP contribution in [0.15, 0.2) is 36.0 Å².